The van der Waals surface area contributed by atoms with E-state index in [2.05, 4.69) is 0 Å². The molecular formula is C14H11FO2. The average molecular weight is 230 g/mol. The zero-order chi connectivity index (χ0) is 12.4. The molecule has 0 aromatic heterocycles. The number of carboxylic acids is 1. The van der Waals surface area contributed by atoms with E-state index in [4.69, 9.17) is 5.11 Å². The predicted molar refractivity (Wildman–Crippen MR) is 63.5 cm³/mol. The van der Waals surface area contributed by atoms with Gasteiger partial charge in [0.05, 0.1) is 5.56 Å². The summed E-state index contributed by atoms with van der Waals surface area (Å²) in [6.45, 7) is 1.80. The van der Waals surface area contributed by atoms with E-state index in [-0.39, 0.29) is 11.4 Å². The van der Waals surface area contributed by atoms with Crippen molar-refractivity contribution in [2.24, 2.45) is 0 Å². The molecule has 0 fully saturated rings. The minimum absolute atomic E-state index is 0.158. The lowest BCUT2D eigenvalue weighted by molar-refractivity contribution is 0.0697. The third-order valence-corrected chi connectivity index (χ3v) is 2.62. The largest absolute Gasteiger partial charge is 0.478 e. The predicted octanol–water partition coefficient (Wildman–Crippen LogP) is 3.50. The first kappa shape index (κ1) is 11.3. The van der Waals surface area contributed by atoms with Crippen molar-refractivity contribution in [3.05, 3.63) is 59.4 Å². The minimum atomic E-state index is -1.01. The Morgan fingerprint density at radius 1 is 1.18 bits per heavy atom. The monoisotopic (exact) mass is 230 g/mol. The molecule has 3 heteroatoms. The molecule has 2 aromatic rings. The highest BCUT2D eigenvalue weighted by Crippen LogP contribution is 2.27. The van der Waals surface area contributed by atoms with Crippen LogP contribution in [0.1, 0.15) is 15.9 Å². The molecule has 2 rings (SSSR count). The molecule has 0 unspecified atom stereocenters. The van der Waals surface area contributed by atoms with Gasteiger partial charge < -0.3 is 5.11 Å². The molecule has 0 amide bonds. The number of aromatic carboxylic acids is 1. The van der Waals surface area contributed by atoms with Crippen LogP contribution in [0.5, 0.6) is 0 Å². The minimum Gasteiger partial charge on any atom is -0.478 e. The lowest BCUT2D eigenvalue weighted by Crippen LogP contribution is -1.97. The second-order valence-corrected chi connectivity index (χ2v) is 3.82. The highest BCUT2D eigenvalue weighted by molar-refractivity contribution is 5.89. The van der Waals surface area contributed by atoms with Gasteiger partial charge in [-0.05, 0) is 36.2 Å². The van der Waals surface area contributed by atoms with E-state index in [1.807, 2.05) is 0 Å². The Kier molecular flexibility index (Phi) is 2.91. The molecule has 0 aliphatic carbocycles. The molecule has 0 saturated carbocycles. The van der Waals surface area contributed by atoms with Crippen LogP contribution >= 0.6 is 0 Å². The topological polar surface area (TPSA) is 37.3 Å². The van der Waals surface area contributed by atoms with E-state index >= 15 is 0 Å². The van der Waals surface area contributed by atoms with Crippen LogP contribution in [-0.2, 0) is 0 Å². The third kappa shape index (κ3) is 2.18. The maximum Gasteiger partial charge on any atom is 0.335 e. The molecule has 1 N–H and O–H groups in total. The van der Waals surface area contributed by atoms with Gasteiger partial charge in [-0.3, -0.25) is 0 Å². The SMILES string of the molecule is Cc1cccc(F)c1-c1cccc(C(=O)O)c1. The number of hydrogen-bond acceptors (Lipinski definition) is 1. The Bertz CT molecular complexity index is 556. The second-order valence-electron chi connectivity index (χ2n) is 3.82. The molecule has 0 spiro atoms. The molecule has 17 heavy (non-hydrogen) atoms. The van der Waals surface area contributed by atoms with Crippen molar-refractivity contribution in [1.82, 2.24) is 0 Å². The van der Waals surface area contributed by atoms with E-state index < -0.39 is 5.97 Å². The van der Waals surface area contributed by atoms with Gasteiger partial charge >= 0.3 is 5.97 Å². The van der Waals surface area contributed by atoms with Crippen LogP contribution in [0.25, 0.3) is 11.1 Å². The maximum atomic E-state index is 13.7. The summed E-state index contributed by atoms with van der Waals surface area (Å²) in [5.74, 6) is -1.35. The molecule has 0 radical (unpaired) electrons. The Labute approximate surface area is 98.3 Å². The molecule has 86 valence electrons. The Morgan fingerprint density at radius 2 is 1.88 bits per heavy atom. The molecule has 2 nitrogen and oxygen atoms in total. The maximum absolute atomic E-state index is 13.7. The first-order chi connectivity index (χ1) is 8.09. The number of aryl methyl sites for hydroxylation is 1. The van der Waals surface area contributed by atoms with Gasteiger partial charge in [0, 0.05) is 5.56 Å². The third-order valence-electron chi connectivity index (χ3n) is 2.62. The van der Waals surface area contributed by atoms with Crippen LogP contribution in [-0.4, -0.2) is 11.1 Å². The molecule has 0 aliphatic rings. The Balaban J connectivity index is 2.61. The summed E-state index contributed by atoms with van der Waals surface area (Å²) in [5, 5.41) is 8.90. The molecule has 0 heterocycles. The van der Waals surface area contributed by atoms with Crippen LogP contribution in [0.2, 0.25) is 0 Å². The number of benzene rings is 2. The zero-order valence-electron chi connectivity index (χ0n) is 9.27. The van der Waals surface area contributed by atoms with Crippen molar-refractivity contribution in [3.63, 3.8) is 0 Å². The van der Waals surface area contributed by atoms with Crippen molar-refractivity contribution in [1.29, 1.82) is 0 Å². The van der Waals surface area contributed by atoms with Crippen LogP contribution in [0, 0.1) is 12.7 Å². The smallest absolute Gasteiger partial charge is 0.335 e. The Hall–Kier alpha value is -2.16. The summed E-state index contributed by atoms with van der Waals surface area (Å²) >= 11 is 0. The number of carboxylic acid groups (broad SMARTS) is 1. The van der Waals surface area contributed by atoms with E-state index in [0.717, 1.165) is 5.56 Å². The molecule has 2 aromatic carbocycles. The lowest BCUT2D eigenvalue weighted by Gasteiger charge is -2.08. The summed E-state index contributed by atoms with van der Waals surface area (Å²) in [4.78, 5) is 10.9. The van der Waals surface area contributed by atoms with Crippen molar-refractivity contribution in [3.8, 4) is 11.1 Å². The summed E-state index contributed by atoms with van der Waals surface area (Å²) in [6.07, 6.45) is 0. The van der Waals surface area contributed by atoms with Gasteiger partial charge in [0.15, 0.2) is 0 Å². The lowest BCUT2D eigenvalue weighted by atomic mass is 9.98. The highest BCUT2D eigenvalue weighted by atomic mass is 19.1. The number of rotatable bonds is 2. The summed E-state index contributed by atoms with van der Waals surface area (Å²) in [6, 6.07) is 11.1. The van der Waals surface area contributed by atoms with Gasteiger partial charge in [-0.25, -0.2) is 9.18 Å². The summed E-state index contributed by atoms with van der Waals surface area (Å²) in [5.41, 5.74) is 1.98. The second kappa shape index (κ2) is 4.37. The van der Waals surface area contributed by atoms with Gasteiger partial charge in [0.25, 0.3) is 0 Å². The van der Waals surface area contributed by atoms with Crippen molar-refractivity contribution in [2.45, 2.75) is 6.92 Å². The molecule has 0 saturated heterocycles. The van der Waals surface area contributed by atoms with E-state index in [9.17, 15) is 9.18 Å². The zero-order valence-corrected chi connectivity index (χ0v) is 9.27. The van der Waals surface area contributed by atoms with E-state index in [1.165, 1.54) is 18.2 Å². The summed E-state index contributed by atoms with van der Waals surface area (Å²) < 4.78 is 13.7. The van der Waals surface area contributed by atoms with Crippen molar-refractivity contribution >= 4 is 5.97 Å². The molecule has 0 atom stereocenters. The van der Waals surface area contributed by atoms with Crippen LogP contribution in [0.15, 0.2) is 42.5 Å². The number of halogens is 1. The first-order valence-electron chi connectivity index (χ1n) is 5.18. The standard InChI is InChI=1S/C14H11FO2/c1-9-4-2-7-12(15)13(9)10-5-3-6-11(8-10)14(16)17/h2-8H,1H3,(H,16,17). The fourth-order valence-corrected chi connectivity index (χ4v) is 1.81. The molecule has 0 bridgehead atoms. The van der Waals surface area contributed by atoms with Gasteiger partial charge in [0.1, 0.15) is 5.82 Å². The van der Waals surface area contributed by atoms with Crippen LogP contribution in [0.4, 0.5) is 4.39 Å². The van der Waals surface area contributed by atoms with Crippen LogP contribution in [0.3, 0.4) is 0 Å². The quantitative estimate of drug-likeness (QED) is 0.857. The summed E-state index contributed by atoms with van der Waals surface area (Å²) in [7, 11) is 0. The number of hydrogen-bond donors (Lipinski definition) is 1. The Morgan fingerprint density at radius 3 is 2.53 bits per heavy atom. The average Bonchev–Trinajstić information content (AvgIpc) is 2.29. The van der Waals surface area contributed by atoms with Gasteiger partial charge in [0.2, 0.25) is 0 Å². The van der Waals surface area contributed by atoms with E-state index in [0.29, 0.717) is 11.1 Å². The normalized spacial score (nSPS) is 10.2. The molecular weight excluding hydrogens is 219 g/mol. The van der Waals surface area contributed by atoms with Gasteiger partial charge in [-0.2, -0.15) is 0 Å². The van der Waals surface area contributed by atoms with Crippen molar-refractivity contribution in [2.75, 3.05) is 0 Å². The van der Waals surface area contributed by atoms with Crippen LogP contribution < -0.4 is 0 Å². The first-order valence-corrected chi connectivity index (χ1v) is 5.18. The highest BCUT2D eigenvalue weighted by Gasteiger charge is 2.10. The fraction of sp³-hybridized carbons (Fsp3) is 0.0714. The van der Waals surface area contributed by atoms with Gasteiger partial charge in [-0.15, -0.1) is 0 Å². The van der Waals surface area contributed by atoms with Crippen molar-refractivity contribution < 1.29 is 14.3 Å². The number of carbonyl (C=O) groups is 1. The van der Waals surface area contributed by atoms with Gasteiger partial charge in [-0.1, -0.05) is 24.3 Å². The van der Waals surface area contributed by atoms with E-state index in [1.54, 1.807) is 31.2 Å². The fourth-order valence-electron chi connectivity index (χ4n) is 1.81. The molecule has 0 aliphatic heterocycles.